The first kappa shape index (κ1) is 15.3. The Labute approximate surface area is 120 Å². The Morgan fingerprint density at radius 3 is 1.95 bits per heavy atom. The first-order valence-electron chi connectivity index (χ1n) is 7.76. The second kappa shape index (κ2) is 6.12. The molecule has 0 aromatic carbocycles. The molecule has 0 unspecified atom stereocenters. The van der Waals surface area contributed by atoms with Crippen molar-refractivity contribution >= 4 is 11.9 Å². The van der Waals surface area contributed by atoms with Crippen molar-refractivity contribution in [1.82, 2.24) is 5.32 Å². The lowest BCUT2D eigenvalue weighted by Crippen LogP contribution is -2.50. The van der Waals surface area contributed by atoms with E-state index < -0.39 is 16.8 Å². The van der Waals surface area contributed by atoms with Crippen LogP contribution in [0, 0.1) is 10.8 Å². The fourth-order valence-corrected chi connectivity index (χ4v) is 3.71. The van der Waals surface area contributed by atoms with Crippen molar-refractivity contribution in [3.63, 3.8) is 0 Å². The standard InChI is InChI=1S/C15H26N2O3/c16-10-14(6-2-1-3-7-14)12(18)17-11-15(13(19)20)8-4-5-9-15/h1-11,16H2,(H,17,18)(H,19,20). The summed E-state index contributed by atoms with van der Waals surface area (Å²) in [5, 5.41) is 12.3. The van der Waals surface area contributed by atoms with Gasteiger partial charge in [-0.05, 0) is 25.7 Å². The van der Waals surface area contributed by atoms with Crippen molar-refractivity contribution in [2.45, 2.75) is 57.8 Å². The van der Waals surface area contributed by atoms with Gasteiger partial charge in [0, 0.05) is 13.1 Å². The van der Waals surface area contributed by atoms with Crippen LogP contribution in [0.5, 0.6) is 0 Å². The average Bonchev–Trinajstić information content (AvgIpc) is 2.95. The van der Waals surface area contributed by atoms with Crippen LogP contribution >= 0.6 is 0 Å². The summed E-state index contributed by atoms with van der Waals surface area (Å²) in [5.41, 5.74) is 4.63. The van der Waals surface area contributed by atoms with E-state index >= 15 is 0 Å². The molecular formula is C15H26N2O3. The molecule has 0 radical (unpaired) electrons. The largest absolute Gasteiger partial charge is 0.481 e. The number of carboxylic acid groups (broad SMARTS) is 1. The number of hydrogen-bond acceptors (Lipinski definition) is 3. The van der Waals surface area contributed by atoms with Gasteiger partial charge in [-0.1, -0.05) is 32.1 Å². The van der Waals surface area contributed by atoms with Crippen LogP contribution in [0.3, 0.4) is 0 Å². The molecule has 5 nitrogen and oxygen atoms in total. The molecule has 5 heteroatoms. The molecule has 2 aliphatic rings. The lowest BCUT2D eigenvalue weighted by atomic mass is 9.73. The molecule has 4 N–H and O–H groups in total. The Kier molecular flexibility index (Phi) is 4.68. The van der Waals surface area contributed by atoms with E-state index in [0.29, 0.717) is 19.4 Å². The van der Waals surface area contributed by atoms with Gasteiger partial charge in [0.15, 0.2) is 0 Å². The van der Waals surface area contributed by atoms with Gasteiger partial charge < -0.3 is 16.2 Å². The molecule has 0 aromatic heterocycles. The summed E-state index contributed by atoms with van der Waals surface area (Å²) in [7, 11) is 0. The van der Waals surface area contributed by atoms with E-state index in [9.17, 15) is 14.7 Å². The second-order valence-electron chi connectivity index (χ2n) is 6.52. The van der Waals surface area contributed by atoms with Crippen molar-refractivity contribution in [3.8, 4) is 0 Å². The number of carboxylic acids is 1. The average molecular weight is 282 g/mol. The zero-order chi connectivity index (χ0) is 14.6. The van der Waals surface area contributed by atoms with Crippen LogP contribution in [-0.4, -0.2) is 30.1 Å². The summed E-state index contributed by atoms with van der Waals surface area (Å²) in [5.74, 6) is -0.812. The maximum atomic E-state index is 12.5. The third-order valence-corrected chi connectivity index (χ3v) is 5.28. The SMILES string of the molecule is NCC1(C(=O)NCC2(C(=O)O)CCCC2)CCCCC1. The molecule has 0 heterocycles. The number of nitrogens with two attached hydrogens (primary N) is 1. The Morgan fingerprint density at radius 1 is 0.950 bits per heavy atom. The molecule has 2 aliphatic carbocycles. The van der Waals surface area contributed by atoms with Crippen LogP contribution in [0.1, 0.15) is 57.8 Å². The Hall–Kier alpha value is -1.10. The Morgan fingerprint density at radius 2 is 1.45 bits per heavy atom. The normalized spacial score (nSPS) is 24.2. The van der Waals surface area contributed by atoms with E-state index in [1.807, 2.05) is 0 Å². The highest BCUT2D eigenvalue weighted by Gasteiger charge is 2.44. The van der Waals surface area contributed by atoms with Gasteiger partial charge in [-0.2, -0.15) is 0 Å². The summed E-state index contributed by atoms with van der Waals surface area (Å²) >= 11 is 0. The first-order chi connectivity index (χ1) is 9.55. The van der Waals surface area contributed by atoms with E-state index in [-0.39, 0.29) is 12.5 Å². The molecule has 0 aromatic rings. The first-order valence-corrected chi connectivity index (χ1v) is 7.76. The molecule has 0 atom stereocenters. The number of amides is 1. The summed E-state index contributed by atoms with van der Waals surface area (Å²) < 4.78 is 0. The smallest absolute Gasteiger partial charge is 0.311 e. The number of carbonyl (C=O) groups is 2. The van der Waals surface area contributed by atoms with Crippen molar-refractivity contribution in [2.24, 2.45) is 16.6 Å². The fourth-order valence-electron chi connectivity index (χ4n) is 3.71. The van der Waals surface area contributed by atoms with Crippen LogP contribution in [0.2, 0.25) is 0 Å². The minimum absolute atomic E-state index is 0.0350. The van der Waals surface area contributed by atoms with Crippen molar-refractivity contribution in [2.75, 3.05) is 13.1 Å². The summed E-state index contributed by atoms with van der Waals surface area (Å²) in [6.45, 7) is 0.613. The van der Waals surface area contributed by atoms with Crippen molar-refractivity contribution < 1.29 is 14.7 Å². The van der Waals surface area contributed by atoms with Crippen LogP contribution < -0.4 is 11.1 Å². The molecular weight excluding hydrogens is 256 g/mol. The lowest BCUT2D eigenvalue weighted by molar-refractivity contribution is -0.149. The van der Waals surface area contributed by atoms with Gasteiger partial charge in [-0.25, -0.2) is 0 Å². The van der Waals surface area contributed by atoms with Crippen LogP contribution in [0.4, 0.5) is 0 Å². The minimum atomic E-state index is -0.777. The van der Waals surface area contributed by atoms with Crippen LogP contribution in [0.15, 0.2) is 0 Å². The topological polar surface area (TPSA) is 92.4 Å². The van der Waals surface area contributed by atoms with Crippen molar-refractivity contribution in [1.29, 1.82) is 0 Å². The zero-order valence-corrected chi connectivity index (χ0v) is 12.1. The molecule has 20 heavy (non-hydrogen) atoms. The van der Waals surface area contributed by atoms with Crippen LogP contribution in [0.25, 0.3) is 0 Å². The van der Waals surface area contributed by atoms with E-state index in [0.717, 1.165) is 44.9 Å². The van der Waals surface area contributed by atoms with Gasteiger partial charge in [-0.3, -0.25) is 9.59 Å². The number of hydrogen-bond donors (Lipinski definition) is 3. The summed E-state index contributed by atoms with van der Waals surface area (Å²) in [4.78, 5) is 24.0. The van der Waals surface area contributed by atoms with E-state index in [1.165, 1.54) is 0 Å². The van der Waals surface area contributed by atoms with Gasteiger partial charge in [0.25, 0.3) is 0 Å². The van der Waals surface area contributed by atoms with Gasteiger partial charge >= 0.3 is 5.97 Å². The van der Waals surface area contributed by atoms with Gasteiger partial charge in [-0.15, -0.1) is 0 Å². The minimum Gasteiger partial charge on any atom is -0.481 e. The molecule has 0 bridgehead atoms. The van der Waals surface area contributed by atoms with Gasteiger partial charge in [0.2, 0.25) is 5.91 Å². The third-order valence-electron chi connectivity index (χ3n) is 5.28. The molecule has 2 saturated carbocycles. The number of rotatable bonds is 5. The highest BCUT2D eigenvalue weighted by Crippen LogP contribution is 2.39. The molecule has 0 aliphatic heterocycles. The molecule has 0 spiro atoms. The highest BCUT2D eigenvalue weighted by molar-refractivity contribution is 5.84. The fraction of sp³-hybridized carbons (Fsp3) is 0.867. The second-order valence-corrected chi connectivity index (χ2v) is 6.52. The van der Waals surface area contributed by atoms with Gasteiger partial charge in [0.1, 0.15) is 0 Å². The molecule has 0 saturated heterocycles. The zero-order valence-electron chi connectivity index (χ0n) is 12.1. The molecule has 1 amide bonds. The van der Waals surface area contributed by atoms with Gasteiger partial charge in [0.05, 0.1) is 10.8 Å². The number of aliphatic carboxylic acids is 1. The maximum Gasteiger partial charge on any atom is 0.311 e. The van der Waals surface area contributed by atoms with E-state index in [1.54, 1.807) is 0 Å². The lowest BCUT2D eigenvalue weighted by Gasteiger charge is -2.36. The summed E-state index contributed by atoms with van der Waals surface area (Å²) in [6.07, 6.45) is 8.09. The highest BCUT2D eigenvalue weighted by atomic mass is 16.4. The molecule has 2 fully saturated rings. The predicted molar refractivity (Wildman–Crippen MR) is 76.1 cm³/mol. The van der Waals surface area contributed by atoms with E-state index in [4.69, 9.17) is 5.73 Å². The molecule has 2 rings (SSSR count). The number of carbonyl (C=O) groups excluding carboxylic acids is 1. The predicted octanol–water partition coefficient (Wildman–Crippen LogP) is 1.66. The third kappa shape index (κ3) is 2.82. The van der Waals surface area contributed by atoms with E-state index in [2.05, 4.69) is 5.32 Å². The maximum absolute atomic E-state index is 12.5. The number of nitrogens with one attached hydrogen (secondary N) is 1. The van der Waals surface area contributed by atoms with Crippen molar-refractivity contribution in [3.05, 3.63) is 0 Å². The monoisotopic (exact) mass is 282 g/mol. The van der Waals surface area contributed by atoms with Crippen LogP contribution in [-0.2, 0) is 9.59 Å². The molecule has 114 valence electrons. The summed E-state index contributed by atoms with van der Waals surface area (Å²) in [6, 6.07) is 0. The Balaban J connectivity index is 1.98. The quantitative estimate of drug-likeness (QED) is 0.715. The Bertz CT molecular complexity index is 369.